The average Bonchev–Trinajstić information content (AvgIpc) is 3.63. The maximum absolute atomic E-state index is 13.5. The van der Waals surface area contributed by atoms with Crippen LogP contribution in [0.5, 0.6) is 0 Å². The van der Waals surface area contributed by atoms with Gasteiger partial charge in [-0.2, -0.15) is 0 Å². The zero-order valence-corrected chi connectivity index (χ0v) is 25.2. The molecule has 0 aliphatic heterocycles. The molecule has 0 spiro atoms. The summed E-state index contributed by atoms with van der Waals surface area (Å²) in [6, 6.07) is 29.7. The van der Waals surface area contributed by atoms with E-state index in [1.165, 1.54) is 23.1 Å². The van der Waals surface area contributed by atoms with Gasteiger partial charge >= 0.3 is 0 Å². The lowest BCUT2D eigenvalue weighted by Gasteiger charge is -2.12. The molecular weight excluding hydrogens is 591 g/mol. The second kappa shape index (κ2) is 13.0. The van der Waals surface area contributed by atoms with E-state index in [9.17, 15) is 14.4 Å². The molecule has 0 bridgehead atoms. The Bertz CT molecular complexity index is 2030. The zero-order valence-electron chi connectivity index (χ0n) is 23.6. The number of para-hydroxylation sites is 1. The lowest BCUT2D eigenvalue weighted by atomic mass is 10.1. The summed E-state index contributed by atoms with van der Waals surface area (Å²) < 4.78 is 1.02. The first-order valence-electron chi connectivity index (χ1n) is 13.8. The van der Waals surface area contributed by atoms with Gasteiger partial charge in [0.1, 0.15) is 5.70 Å². The fourth-order valence-corrected chi connectivity index (χ4v) is 6.30. The highest BCUT2D eigenvalue weighted by Crippen LogP contribution is 2.28. The van der Waals surface area contributed by atoms with Crippen LogP contribution >= 0.6 is 23.1 Å². The van der Waals surface area contributed by atoms with E-state index in [0.717, 1.165) is 37.1 Å². The summed E-state index contributed by atoms with van der Waals surface area (Å²) >= 11 is 2.79. The number of benzene rings is 4. The molecule has 2 aromatic heterocycles. The van der Waals surface area contributed by atoms with E-state index in [1.807, 2.05) is 61.5 Å². The van der Waals surface area contributed by atoms with Gasteiger partial charge in [-0.15, -0.1) is 11.8 Å². The molecule has 0 fully saturated rings. The first-order valence-corrected chi connectivity index (χ1v) is 15.6. The molecule has 0 atom stereocenters. The second-order valence-electron chi connectivity index (χ2n) is 9.98. The van der Waals surface area contributed by atoms with Crippen molar-refractivity contribution in [2.24, 2.45) is 0 Å². The Hall–Kier alpha value is -5.19. The van der Waals surface area contributed by atoms with Crippen molar-refractivity contribution in [3.8, 4) is 0 Å². The molecule has 6 rings (SSSR count). The third-order valence-corrected chi connectivity index (χ3v) is 8.63. The van der Waals surface area contributed by atoms with Crippen LogP contribution in [0.4, 0.5) is 10.8 Å². The Morgan fingerprint density at radius 2 is 1.73 bits per heavy atom. The van der Waals surface area contributed by atoms with Gasteiger partial charge in [-0.1, -0.05) is 59.9 Å². The van der Waals surface area contributed by atoms with Crippen molar-refractivity contribution in [2.45, 2.75) is 11.8 Å². The number of thioether (sulfide) groups is 1. The molecule has 4 N–H and O–H groups in total. The topological polar surface area (TPSA) is 116 Å². The fraction of sp³-hybridized carbons (Fsp3) is 0.0588. The number of hydrogen-bond donors (Lipinski definition) is 4. The number of anilines is 2. The molecule has 3 amide bonds. The van der Waals surface area contributed by atoms with Gasteiger partial charge in [0.25, 0.3) is 11.8 Å². The number of amides is 3. The Morgan fingerprint density at radius 3 is 2.59 bits per heavy atom. The van der Waals surface area contributed by atoms with Crippen LogP contribution in [0.2, 0.25) is 0 Å². The van der Waals surface area contributed by atoms with Crippen LogP contribution in [0.1, 0.15) is 21.5 Å². The van der Waals surface area contributed by atoms with Crippen molar-refractivity contribution >= 4 is 78.8 Å². The second-order valence-corrected chi connectivity index (χ2v) is 12.1. The summed E-state index contributed by atoms with van der Waals surface area (Å²) in [5.41, 5.74) is 4.72. The van der Waals surface area contributed by atoms with Crippen LogP contribution in [0.25, 0.3) is 27.2 Å². The monoisotopic (exact) mass is 617 g/mol. The molecule has 0 aliphatic carbocycles. The lowest BCUT2D eigenvalue weighted by molar-refractivity contribution is -0.114. The maximum Gasteiger partial charge on any atom is 0.272 e. The number of aromatic nitrogens is 2. The number of thiazole rings is 1. The molecule has 2 heterocycles. The van der Waals surface area contributed by atoms with Gasteiger partial charge in [0.2, 0.25) is 5.91 Å². The van der Waals surface area contributed by atoms with Crippen molar-refractivity contribution in [2.75, 3.05) is 16.4 Å². The summed E-state index contributed by atoms with van der Waals surface area (Å²) in [7, 11) is 0. The molecular formula is C34H27N5O3S2. The molecule has 44 heavy (non-hydrogen) atoms. The number of hydrogen-bond acceptors (Lipinski definition) is 6. The lowest BCUT2D eigenvalue weighted by Crippen LogP contribution is -2.30. The molecule has 0 saturated carbocycles. The third kappa shape index (κ3) is 6.88. The Labute approximate surface area is 261 Å². The van der Waals surface area contributed by atoms with Gasteiger partial charge in [0.15, 0.2) is 5.13 Å². The molecule has 0 radical (unpaired) electrons. The normalized spacial score (nSPS) is 11.4. The molecule has 0 unspecified atom stereocenters. The van der Waals surface area contributed by atoms with E-state index in [-0.39, 0.29) is 17.4 Å². The van der Waals surface area contributed by atoms with Gasteiger partial charge in [-0.05, 0) is 67.1 Å². The summed E-state index contributed by atoms with van der Waals surface area (Å²) in [5, 5.41) is 10.0. The molecule has 4 aromatic carbocycles. The quantitative estimate of drug-likeness (QED) is 0.101. The molecule has 8 nitrogen and oxygen atoms in total. The number of rotatable bonds is 9. The van der Waals surface area contributed by atoms with Gasteiger partial charge in [-0.3, -0.25) is 14.4 Å². The predicted molar refractivity (Wildman–Crippen MR) is 179 cm³/mol. The summed E-state index contributed by atoms with van der Waals surface area (Å²) in [4.78, 5) is 47.7. The number of nitrogens with zero attached hydrogens (tertiary/aromatic N) is 1. The molecule has 0 aliphatic rings. The van der Waals surface area contributed by atoms with E-state index in [4.69, 9.17) is 0 Å². The smallest absolute Gasteiger partial charge is 0.272 e. The fourth-order valence-electron chi connectivity index (χ4n) is 4.56. The molecule has 6 aromatic rings. The van der Waals surface area contributed by atoms with Crippen molar-refractivity contribution in [1.82, 2.24) is 15.3 Å². The molecule has 0 saturated heterocycles. The minimum absolute atomic E-state index is 0.0899. The van der Waals surface area contributed by atoms with Crippen molar-refractivity contribution < 1.29 is 14.4 Å². The number of aryl methyl sites for hydroxylation is 1. The van der Waals surface area contributed by atoms with Crippen LogP contribution < -0.4 is 16.0 Å². The first-order chi connectivity index (χ1) is 21.4. The van der Waals surface area contributed by atoms with Crippen molar-refractivity contribution in [1.29, 1.82) is 0 Å². The number of fused-ring (bicyclic) bond motifs is 2. The Balaban J connectivity index is 1.15. The Kier molecular flexibility index (Phi) is 8.53. The van der Waals surface area contributed by atoms with E-state index in [1.54, 1.807) is 54.7 Å². The minimum atomic E-state index is -0.481. The van der Waals surface area contributed by atoms with Gasteiger partial charge in [0, 0.05) is 38.8 Å². The highest BCUT2D eigenvalue weighted by Gasteiger charge is 2.17. The van der Waals surface area contributed by atoms with E-state index in [0.29, 0.717) is 16.4 Å². The number of carbonyl (C=O) groups is 3. The highest BCUT2D eigenvalue weighted by atomic mass is 32.2. The standard InChI is InChI=1S/C34H27N5O3S2/c1-21-14-15-28-30(16-21)44-34(38-28)39-31(40)20-43-25-11-7-10-24(18-25)36-33(42)29(37-32(41)22-8-3-2-4-9-22)17-23-19-35-27-13-6-5-12-26(23)27/h2-19,35H,20H2,1H3,(H,36,42)(H,37,41)(H,38,39,40)/b29-17-. The maximum atomic E-state index is 13.5. The van der Waals surface area contributed by atoms with E-state index < -0.39 is 11.8 Å². The summed E-state index contributed by atoms with van der Waals surface area (Å²) in [6.45, 7) is 2.02. The predicted octanol–water partition coefficient (Wildman–Crippen LogP) is 7.23. The van der Waals surface area contributed by atoms with Gasteiger partial charge in [0.05, 0.1) is 16.0 Å². The van der Waals surface area contributed by atoms with Gasteiger partial charge in [-0.25, -0.2) is 4.98 Å². The number of aromatic amines is 1. The minimum Gasteiger partial charge on any atom is -0.361 e. The third-order valence-electron chi connectivity index (χ3n) is 6.70. The number of H-pyrrole nitrogens is 1. The van der Waals surface area contributed by atoms with E-state index >= 15 is 0 Å². The Morgan fingerprint density at radius 1 is 0.909 bits per heavy atom. The van der Waals surface area contributed by atoms with Crippen LogP contribution in [0, 0.1) is 6.92 Å². The van der Waals surface area contributed by atoms with E-state index in [2.05, 4.69) is 25.9 Å². The molecule has 218 valence electrons. The van der Waals surface area contributed by atoms with Gasteiger partial charge < -0.3 is 20.9 Å². The SMILES string of the molecule is Cc1ccc2nc(NC(=O)CSc3cccc(NC(=O)/C(=C/c4c[nH]c5ccccc45)NC(=O)c4ccccc4)c3)sc2c1. The summed E-state index contributed by atoms with van der Waals surface area (Å²) in [6.07, 6.45) is 3.45. The largest absolute Gasteiger partial charge is 0.361 e. The highest BCUT2D eigenvalue weighted by molar-refractivity contribution is 8.00. The number of nitrogens with one attached hydrogen (secondary N) is 4. The number of carbonyl (C=O) groups excluding carboxylic acids is 3. The van der Waals surface area contributed by atoms with Crippen LogP contribution in [-0.4, -0.2) is 33.4 Å². The van der Waals surface area contributed by atoms with Crippen molar-refractivity contribution in [3.63, 3.8) is 0 Å². The van der Waals surface area contributed by atoms with Crippen LogP contribution in [-0.2, 0) is 9.59 Å². The molecule has 10 heteroatoms. The average molecular weight is 618 g/mol. The zero-order chi connectivity index (χ0) is 30.5. The summed E-state index contributed by atoms with van der Waals surface area (Å²) in [5.74, 6) is -0.880. The van der Waals surface area contributed by atoms with Crippen molar-refractivity contribution in [3.05, 3.63) is 126 Å². The first kappa shape index (κ1) is 28.9. The van der Waals surface area contributed by atoms with Crippen LogP contribution in [0.3, 0.4) is 0 Å². The van der Waals surface area contributed by atoms with Crippen LogP contribution in [0.15, 0.2) is 114 Å².